The Bertz CT molecular complexity index is 1190. The van der Waals surface area contributed by atoms with Gasteiger partial charge in [-0.25, -0.2) is 9.78 Å². The number of ether oxygens (including phenoxy) is 2. The number of anilines is 1. The van der Waals surface area contributed by atoms with Crippen LogP contribution >= 0.6 is 0 Å². The van der Waals surface area contributed by atoms with Gasteiger partial charge in [0.05, 0.1) is 48.8 Å². The number of carbonyl (C=O) groups excluding carboxylic acids is 1. The number of nitro benzene ring substituents is 1. The van der Waals surface area contributed by atoms with E-state index in [2.05, 4.69) is 10.3 Å². The van der Waals surface area contributed by atoms with Gasteiger partial charge in [-0.15, -0.1) is 0 Å². The Morgan fingerprint density at radius 1 is 1.19 bits per heavy atom. The van der Waals surface area contributed by atoms with Crippen LogP contribution in [0.25, 0.3) is 0 Å². The number of carbonyl (C=O) groups is 1. The van der Waals surface area contributed by atoms with Crippen molar-refractivity contribution in [1.29, 1.82) is 0 Å². The zero-order chi connectivity index (χ0) is 22.7. The highest BCUT2D eigenvalue weighted by Crippen LogP contribution is 2.38. The van der Waals surface area contributed by atoms with Gasteiger partial charge in [-0.1, -0.05) is 42.5 Å². The molecule has 9 heteroatoms. The number of esters is 1. The number of nitrogens with zero attached hydrogens (tertiary/aromatic N) is 3. The number of methoxy groups -OCH3 is 1. The average Bonchev–Trinajstić information content (AvgIpc) is 3.20. The van der Waals surface area contributed by atoms with Crippen LogP contribution in [0.1, 0.15) is 29.8 Å². The van der Waals surface area contributed by atoms with Crippen molar-refractivity contribution in [2.75, 3.05) is 12.4 Å². The second-order valence-corrected chi connectivity index (χ2v) is 7.33. The first-order valence-corrected chi connectivity index (χ1v) is 9.98. The average molecular weight is 434 g/mol. The number of benzene rings is 2. The summed E-state index contributed by atoms with van der Waals surface area (Å²) in [5, 5.41) is 14.5. The summed E-state index contributed by atoms with van der Waals surface area (Å²) < 4.78 is 12.7. The second kappa shape index (κ2) is 9.03. The van der Waals surface area contributed by atoms with Gasteiger partial charge >= 0.3 is 5.97 Å². The van der Waals surface area contributed by atoms with Gasteiger partial charge in [0.25, 0.3) is 5.69 Å². The zero-order valence-electron chi connectivity index (χ0n) is 17.6. The fourth-order valence-corrected chi connectivity index (χ4v) is 3.80. The van der Waals surface area contributed by atoms with Crippen molar-refractivity contribution in [2.24, 2.45) is 0 Å². The first-order valence-electron chi connectivity index (χ1n) is 9.98. The van der Waals surface area contributed by atoms with Gasteiger partial charge < -0.3 is 14.8 Å². The van der Waals surface area contributed by atoms with Crippen molar-refractivity contribution in [1.82, 2.24) is 9.55 Å². The van der Waals surface area contributed by atoms with Crippen LogP contribution in [0.3, 0.4) is 0 Å². The van der Waals surface area contributed by atoms with E-state index in [1.807, 2.05) is 34.9 Å². The number of hydrogen-bond acceptors (Lipinski definition) is 7. The Morgan fingerprint density at radius 2 is 1.97 bits per heavy atom. The number of rotatable bonds is 7. The Balaban J connectivity index is 1.73. The molecule has 1 N–H and O–H groups in total. The number of allylic oxidation sites excluding steroid dienone is 1. The molecule has 0 saturated heterocycles. The minimum absolute atomic E-state index is 0.0635. The monoisotopic (exact) mass is 434 g/mol. The molecule has 1 atom stereocenters. The van der Waals surface area contributed by atoms with Crippen molar-refractivity contribution < 1.29 is 19.2 Å². The molecule has 9 nitrogen and oxygen atoms in total. The molecule has 32 heavy (non-hydrogen) atoms. The molecule has 0 aliphatic carbocycles. The molecule has 0 bridgehead atoms. The Labute approximate surface area is 184 Å². The number of imidazole rings is 1. The molecular formula is C23H22N4O5. The minimum atomic E-state index is -0.656. The molecular weight excluding hydrogens is 412 g/mol. The highest BCUT2D eigenvalue weighted by molar-refractivity contribution is 5.92. The Kier molecular flexibility index (Phi) is 6.00. The molecule has 0 radical (unpaired) electrons. The highest BCUT2D eigenvalue weighted by atomic mass is 16.6. The number of nitrogens with one attached hydrogen (secondary N) is 1. The third-order valence-electron chi connectivity index (χ3n) is 5.27. The number of aromatic nitrogens is 2. The molecule has 0 spiro atoms. The van der Waals surface area contributed by atoms with Crippen molar-refractivity contribution in [3.8, 4) is 0 Å². The lowest BCUT2D eigenvalue weighted by Crippen LogP contribution is -2.29. The summed E-state index contributed by atoms with van der Waals surface area (Å²) in [7, 11) is 1.31. The smallest absolute Gasteiger partial charge is 0.337 e. The van der Waals surface area contributed by atoms with Crippen molar-refractivity contribution in [3.05, 3.63) is 99.0 Å². The third kappa shape index (κ3) is 4.10. The van der Waals surface area contributed by atoms with E-state index >= 15 is 0 Å². The molecule has 164 valence electrons. The predicted molar refractivity (Wildman–Crippen MR) is 117 cm³/mol. The lowest BCUT2D eigenvalue weighted by molar-refractivity contribution is -0.384. The van der Waals surface area contributed by atoms with Gasteiger partial charge in [0, 0.05) is 17.8 Å². The van der Waals surface area contributed by atoms with Crippen LogP contribution in [-0.4, -0.2) is 27.6 Å². The summed E-state index contributed by atoms with van der Waals surface area (Å²) >= 11 is 0. The summed E-state index contributed by atoms with van der Waals surface area (Å²) in [6.07, 6.45) is 1.67. The molecule has 2 aromatic carbocycles. The summed E-state index contributed by atoms with van der Waals surface area (Å²) in [5.74, 6) is -0.00743. The fourth-order valence-electron chi connectivity index (χ4n) is 3.80. The van der Waals surface area contributed by atoms with E-state index in [4.69, 9.17) is 9.47 Å². The van der Waals surface area contributed by atoms with E-state index < -0.39 is 16.9 Å². The number of nitro groups is 1. The van der Waals surface area contributed by atoms with Crippen LogP contribution in [0.15, 0.2) is 72.1 Å². The first kappa shape index (κ1) is 21.3. The first-order chi connectivity index (χ1) is 15.5. The van der Waals surface area contributed by atoms with Crippen molar-refractivity contribution in [3.63, 3.8) is 0 Å². The molecule has 0 saturated carbocycles. The largest absolute Gasteiger partial charge is 0.466 e. The van der Waals surface area contributed by atoms with E-state index in [9.17, 15) is 14.9 Å². The zero-order valence-corrected chi connectivity index (χ0v) is 17.6. The molecule has 0 fully saturated rings. The molecule has 1 aliphatic heterocycles. The third-order valence-corrected chi connectivity index (χ3v) is 5.27. The van der Waals surface area contributed by atoms with Crippen LogP contribution in [0, 0.1) is 10.1 Å². The van der Waals surface area contributed by atoms with Gasteiger partial charge in [0.2, 0.25) is 5.95 Å². The van der Waals surface area contributed by atoms with E-state index in [-0.39, 0.29) is 12.3 Å². The Hall–Kier alpha value is -3.98. The van der Waals surface area contributed by atoms with Gasteiger partial charge in [0.15, 0.2) is 0 Å². The van der Waals surface area contributed by atoms with Crippen LogP contribution in [0.5, 0.6) is 0 Å². The number of hydrogen-bond donors (Lipinski definition) is 1. The number of fused-ring (bicyclic) bond motifs is 1. The van der Waals surface area contributed by atoms with Crippen LogP contribution in [0.2, 0.25) is 0 Å². The summed E-state index contributed by atoms with van der Waals surface area (Å²) in [5.41, 5.74) is 3.18. The molecule has 1 aliphatic rings. The Morgan fingerprint density at radius 3 is 2.69 bits per heavy atom. The predicted octanol–water partition coefficient (Wildman–Crippen LogP) is 3.97. The molecule has 0 amide bonds. The maximum Gasteiger partial charge on any atom is 0.337 e. The normalized spacial score (nSPS) is 15.1. The van der Waals surface area contributed by atoms with Gasteiger partial charge in [-0.3, -0.25) is 14.7 Å². The lowest BCUT2D eigenvalue weighted by Gasteiger charge is -2.30. The van der Waals surface area contributed by atoms with Gasteiger partial charge in [0.1, 0.15) is 0 Å². The quantitative estimate of drug-likeness (QED) is 0.340. The molecule has 3 aromatic rings. The SMILES string of the molecule is COC(=O)C1=C(C)Nc2ncc(COCc3ccccc3)n2C1c1cccc([N+](=O)[O-])c1. The highest BCUT2D eigenvalue weighted by Gasteiger charge is 2.35. The van der Waals surface area contributed by atoms with Crippen LogP contribution < -0.4 is 5.32 Å². The fraction of sp³-hybridized carbons (Fsp3) is 0.217. The van der Waals surface area contributed by atoms with Gasteiger partial charge in [-0.2, -0.15) is 0 Å². The molecule has 4 rings (SSSR count). The summed E-state index contributed by atoms with van der Waals surface area (Å²) in [6.45, 7) is 2.40. The van der Waals surface area contributed by atoms with Gasteiger partial charge in [-0.05, 0) is 18.1 Å². The van der Waals surface area contributed by atoms with Crippen LogP contribution in [-0.2, 0) is 27.5 Å². The maximum absolute atomic E-state index is 12.7. The number of non-ortho nitro benzene ring substituents is 1. The summed E-state index contributed by atoms with van der Waals surface area (Å²) in [6, 6.07) is 15.3. The minimum Gasteiger partial charge on any atom is -0.466 e. The van der Waals surface area contributed by atoms with E-state index in [0.29, 0.717) is 35.1 Å². The van der Waals surface area contributed by atoms with E-state index in [0.717, 1.165) is 5.56 Å². The second-order valence-electron chi connectivity index (χ2n) is 7.33. The maximum atomic E-state index is 12.7. The standard InChI is InChI=1S/C23H22N4O5/c1-15-20(22(28)31-2)21(17-9-6-10-18(11-17)27(29)30)26-19(12-24-23(26)25-15)14-32-13-16-7-4-3-5-8-16/h3-12,21H,13-14H2,1-2H3,(H,24,25). The van der Waals surface area contributed by atoms with Crippen molar-refractivity contribution >= 4 is 17.6 Å². The molecule has 1 aromatic heterocycles. The lowest BCUT2D eigenvalue weighted by atomic mass is 9.94. The van der Waals surface area contributed by atoms with Crippen LogP contribution in [0.4, 0.5) is 11.6 Å². The van der Waals surface area contributed by atoms with E-state index in [1.54, 1.807) is 25.3 Å². The molecule has 2 heterocycles. The summed E-state index contributed by atoms with van der Waals surface area (Å²) in [4.78, 5) is 28.0. The molecule has 1 unspecified atom stereocenters. The van der Waals surface area contributed by atoms with E-state index in [1.165, 1.54) is 19.2 Å². The topological polar surface area (TPSA) is 109 Å². The van der Waals surface area contributed by atoms with Crippen molar-refractivity contribution in [2.45, 2.75) is 26.2 Å².